The average molecular weight is 455 g/mol. The van der Waals surface area contributed by atoms with Gasteiger partial charge in [-0.25, -0.2) is 4.98 Å². The first-order chi connectivity index (χ1) is 15.4. The van der Waals surface area contributed by atoms with Gasteiger partial charge in [0.1, 0.15) is 17.6 Å². The third kappa shape index (κ3) is 5.08. The summed E-state index contributed by atoms with van der Waals surface area (Å²) in [6.07, 6.45) is 0.0663. The molecule has 3 aromatic rings. The smallest absolute Gasteiger partial charge is 0.309 e. The molecule has 1 saturated heterocycles. The number of nitrogens with zero attached hydrogens (tertiary/aromatic N) is 1. The number of cyclic esters (lactones) is 1. The summed E-state index contributed by atoms with van der Waals surface area (Å²) in [4.78, 5) is 20.0. The number of rotatable bonds is 7. The third-order valence-corrected chi connectivity index (χ3v) is 6.33. The summed E-state index contributed by atoms with van der Waals surface area (Å²) in [5, 5.41) is 11.0. The first kappa shape index (κ1) is 22.2. The number of aromatic amines is 1. The molecule has 0 bridgehead atoms. The maximum absolute atomic E-state index is 11.8. The molecule has 2 N–H and O–H groups in total. The molecule has 1 aromatic heterocycles. The van der Waals surface area contributed by atoms with Crippen LogP contribution < -0.4 is 9.47 Å². The van der Waals surface area contributed by atoms with E-state index in [0.717, 1.165) is 34.0 Å². The Morgan fingerprint density at radius 2 is 1.69 bits per heavy atom. The fraction of sp³-hybridized carbons (Fsp3) is 0.333. The van der Waals surface area contributed by atoms with E-state index >= 15 is 0 Å². The Morgan fingerprint density at radius 3 is 2.25 bits per heavy atom. The van der Waals surface area contributed by atoms with Gasteiger partial charge in [-0.15, -0.1) is 0 Å². The highest BCUT2D eigenvalue weighted by atomic mass is 32.2. The van der Waals surface area contributed by atoms with Crippen molar-refractivity contribution in [2.45, 2.75) is 36.6 Å². The predicted molar refractivity (Wildman–Crippen MR) is 123 cm³/mol. The summed E-state index contributed by atoms with van der Waals surface area (Å²) in [6.45, 7) is 1.67. The van der Waals surface area contributed by atoms with Crippen LogP contribution in [-0.4, -0.2) is 52.7 Å². The lowest BCUT2D eigenvalue weighted by Crippen LogP contribution is -2.41. The molecule has 1 fully saturated rings. The monoisotopic (exact) mass is 454 g/mol. The van der Waals surface area contributed by atoms with Crippen LogP contribution in [0.15, 0.2) is 53.7 Å². The normalized spacial score (nSPS) is 20.6. The van der Waals surface area contributed by atoms with Crippen molar-refractivity contribution in [3.05, 3.63) is 48.5 Å². The second-order valence-electron chi connectivity index (χ2n) is 8.02. The lowest BCUT2D eigenvalue weighted by molar-refractivity contribution is -0.165. The van der Waals surface area contributed by atoms with E-state index in [2.05, 4.69) is 4.98 Å². The van der Waals surface area contributed by atoms with E-state index in [4.69, 9.17) is 19.2 Å². The maximum atomic E-state index is 11.8. The Morgan fingerprint density at radius 1 is 1.09 bits per heavy atom. The largest absolute Gasteiger partial charge is 0.497 e. The van der Waals surface area contributed by atoms with Gasteiger partial charge in [-0.2, -0.15) is 0 Å². The highest BCUT2D eigenvalue weighted by Crippen LogP contribution is 2.35. The van der Waals surface area contributed by atoms with Crippen LogP contribution in [0.1, 0.15) is 19.8 Å². The molecule has 8 heteroatoms. The fourth-order valence-electron chi connectivity index (χ4n) is 3.75. The van der Waals surface area contributed by atoms with Gasteiger partial charge in [-0.1, -0.05) is 11.8 Å². The molecule has 2 atom stereocenters. The van der Waals surface area contributed by atoms with Gasteiger partial charge in [0.2, 0.25) is 0 Å². The highest BCUT2D eigenvalue weighted by Gasteiger charge is 2.36. The van der Waals surface area contributed by atoms with Gasteiger partial charge in [-0.3, -0.25) is 4.79 Å². The number of hydrogen-bond acceptors (Lipinski definition) is 7. The molecule has 0 amide bonds. The second kappa shape index (κ2) is 9.26. The number of aromatic nitrogens is 2. The minimum absolute atomic E-state index is 0.0259. The van der Waals surface area contributed by atoms with Crippen LogP contribution in [0.4, 0.5) is 0 Å². The van der Waals surface area contributed by atoms with E-state index in [1.54, 1.807) is 21.1 Å². The Bertz CT molecular complexity index is 1010. The summed E-state index contributed by atoms with van der Waals surface area (Å²) in [5.41, 5.74) is 2.59. The van der Waals surface area contributed by atoms with E-state index in [0.29, 0.717) is 17.3 Å². The van der Waals surface area contributed by atoms with Crippen molar-refractivity contribution in [2.24, 2.45) is 0 Å². The number of aliphatic hydroxyl groups is 1. The zero-order chi connectivity index (χ0) is 22.7. The Balaban J connectivity index is 1.61. The van der Waals surface area contributed by atoms with E-state index in [-0.39, 0.29) is 18.5 Å². The molecule has 0 spiro atoms. The summed E-state index contributed by atoms with van der Waals surface area (Å²) < 4.78 is 16.0. The van der Waals surface area contributed by atoms with Gasteiger partial charge in [0.25, 0.3) is 0 Å². The molecule has 0 unspecified atom stereocenters. The van der Waals surface area contributed by atoms with Crippen molar-refractivity contribution >= 4 is 17.7 Å². The van der Waals surface area contributed by atoms with E-state index in [1.165, 1.54) is 11.8 Å². The molecule has 7 nitrogen and oxygen atoms in total. The lowest BCUT2D eigenvalue weighted by Gasteiger charge is -2.32. The van der Waals surface area contributed by atoms with Gasteiger partial charge >= 0.3 is 5.97 Å². The quantitative estimate of drug-likeness (QED) is 0.406. The Hall–Kier alpha value is -2.97. The Kier molecular flexibility index (Phi) is 6.43. The van der Waals surface area contributed by atoms with Crippen LogP contribution in [0.3, 0.4) is 0 Å². The average Bonchev–Trinajstić information content (AvgIpc) is 3.21. The number of ether oxygens (including phenoxy) is 3. The van der Waals surface area contributed by atoms with Gasteiger partial charge in [0.05, 0.1) is 37.6 Å². The molecule has 1 aliphatic heterocycles. The highest BCUT2D eigenvalue weighted by molar-refractivity contribution is 7.99. The molecular formula is C24H26N2O5S. The van der Waals surface area contributed by atoms with Gasteiger partial charge in [-0.05, 0) is 55.5 Å². The van der Waals surface area contributed by atoms with Crippen LogP contribution in [-0.2, 0) is 9.53 Å². The number of methoxy groups -OCH3 is 2. The number of H-pyrrole nitrogens is 1. The van der Waals surface area contributed by atoms with Crippen molar-refractivity contribution in [3.8, 4) is 34.0 Å². The summed E-state index contributed by atoms with van der Waals surface area (Å²) >= 11 is 1.46. The van der Waals surface area contributed by atoms with Crippen LogP contribution in [0.2, 0.25) is 0 Å². The second-order valence-corrected chi connectivity index (χ2v) is 9.03. The number of benzene rings is 2. The zero-order valence-corrected chi connectivity index (χ0v) is 19.1. The minimum atomic E-state index is -1.04. The van der Waals surface area contributed by atoms with Crippen LogP contribution in [0.5, 0.6) is 11.5 Å². The molecule has 0 radical (unpaired) electrons. The molecule has 168 valence electrons. The van der Waals surface area contributed by atoms with Crippen molar-refractivity contribution in [1.29, 1.82) is 0 Å². The molecule has 0 saturated carbocycles. The molecule has 2 heterocycles. The van der Waals surface area contributed by atoms with Crippen molar-refractivity contribution in [2.75, 3.05) is 20.0 Å². The molecule has 1 aliphatic rings. The lowest BCUT2D eigenvalue weighted by atomic mass is 9.93. The van der Waals surface area contributed by atoms with E-state index < -0.39 is 5.60 Å². The van der Waals surface area contributed by atoms with Crippen LogP contribution in [0.25, 0.3) is 22.5 Å². The van der Waals surface area contributed by atoms with Gasteiger partial charge in [0, 0.05) is 23.3 Å². The van der Waals surface area contributed by atoms with Crippen molar-refractivity contribution in [3.63, 3.8) is 0 Å². The number of imidazole rings is 1. The maximum Gasteiger partial charge on any atom is 0.309 e. The van der Waals surface area contributed by atoms with Crippen LogP contribution >= 0.6 is 11.8 Å². The van der Waals surface area contributed by atoms with E-state index in [9.17, 15) is 9.90 Å². The first-order valence-corrected chi connectivity index (χ1v) is 11.3. The molecule has 0 aliphatic carbocycles. The molecule has 2 aromatic carbocycles. The summed E-state index contributed by atoms with van der Waals surface area (Å²) in [7, 11) is 3.27. The fourth-order valence-corrected chi connectivity index (χ4v) is 4.61. The van der Waals surface area contributed by atoms with E-state index in [1.807, 2.05) is 48.5 Å². The Labute approximate surface area is 191 Å². The molecule has 32 heavy (non-hydrogen) atoms. The van der Waals surface area contributed by atoms with Gasteiger partial charge in [0.15, 0.2) is 5.16 Å². The SMILES string of the molecule is COc1ccc(-c2nc(SC[C@H]3C[C@](C)(O)CC(=O)O3)[nH]c2-c2ccc(OC)cc2)cc1. The number of thioether (sulfide) groups is 1. The standard InChI is InChI=1S/C24H26N2O5S/c1-24(28)12-19(31-20(27)13-24)14-32-23-25-21(15-4-8-17(29-2)9-5-15)22(26-23)16-6-10-18(30-3)11-7-16/h4-11,19,28H,12-14H2,1-3H3,(H,25,26)/t19-,24+/m1/s1. The summed E-state index contributed by atoms with van der Waals surface area (Å²) in [6, 6.07) is 15.5. The van der Waals surface area contributed by atoms with Crippen molar-refractivity contribution in [1.82, 2.24) is 9.97 Å². The number of carbonyl (C=O) groups is 1. The minimum Gasteiger partial charge on any atom is -0.497 e. The molecule has 4 rings (SSSR count). The predicted octanol–water partition coefficient (Wildman–Crippen LogP) is 4.31. The van der Waals surface area contributed by atoms with Gasteiger partial charge < -0.3 is 24.3 Å². The number of carbonyl (C=O) groups excluding carboxylic acids is 1. The first-order valence-electron chi connectivity index (χ1n) is 10.3. The van der Waals surface area contributed by atoms with Crippen LogP contribution in [0, 0.1) is 0 Å². The number of hydrogen-bond donors (Lipinski definition) is 2. The van der Waals surface area contributed by atoms with Crippen molar-refractivity contribution < 1.29 is 24.1 Å². The number of nitrogens with one attached hydrogen (secondary N) is 1. The summed E-state index contributed by atoms with van der Waals surface area (Å²) in [5.74, 6) is 1.68. The third-order valence-electron chi connectivity index (χ3n) is 5.32. The topological polar surface area (TPSA) is 93.7 Å². The molecular weight excluding hydrogens is 428 g/mol. The number of esters is 1. The zero-order valence-electron chi connectivity index (χ0n) is 18.3.